The zero-order valence-electron chi connectivity index (χ0n) is 17.0. The van der Waals surface area contributed by atoms with E-state index in [0.717, 1.165) is 11.1 Å². The molecule has 8 heteroatoms. The maximum atomic E-state index is 9.41. The molecule has 2 unspecified atom stereocenters. The van der Waals surface area contributed by atoms with Crippen molar-refractivity contribution in [3.8, 4) is 23.0 Å². The fraction of sp³-hybridized carbons (Fsp3) is 0.364. The van der Waals surface area contributed by atoms with E-state index in [1.165, 1.54) is 14.2 Å². The molecule has 0 heterocycles. The van der Waals surface area contributed by atoms with Gasteiger partial charge in [0.05, 0.1) is 27.4 Å². The van der Waals surface area contributed by atoms with Crippen LogP contribution in [0.5, 0.6) is 23.0 Å². The molecule has 0 spiro atoms. The molecule has 30 heavy (non-hydrogen) atoms. The van der Waals surface area contributed by atoms with Crippen LogP contribution in [0.25, 0.3) is 12.2 Å². The van der Waals surface area contributed by atoms with Crippen LogP contribution in [0, 0.1) is 0 Å². The average molecular weight is 420 g/mol. The number of ether oxygens (including phenoxy) is 4. The third kappa shape index (κ3) is 6.93. The van der Waals surface area contributed by atoms with Crippen LogP contribution in [-0.4, -0.2) is 73.3 Å². The van der Waals surface area contributed by atoms with Crippen molar-refractivity contribution in [3.05, 3.63) is 47.5 Å². The maximum absolute atomic E-state index is 9.41. The highest BCUT2D eigenvalue weighted by Gasteiger charge is 2.10. The van der Waals surface area contributed by atoms with Gasteiger partial charge in [-0.25, -0.2) is 0 Å². The Kier molecular flexibility index (Phi) is 9.43. The Bertz CT molecular complexity index is 753. The number of benzene rings is 2. The van der Waals surface area contributed by atoms with E-state index in [-0.39, 0.29) is 26.4 Å². The van der Waals surface area contributed by atoms with Gasteiger partial charge in [-0.05, 0) is 35.4 Å². The van der Waals surface area contributed by atoms with Crippen LogP contribution in [0.4, 0.5) is 0 Å². The summed E-state index contributed by atoms with van der Waals surface area (Å²) in [5.74, 6) is 1.95. The molecule has 2 aromatic carbocycles. The second kappa shape index (κ2) is 12.0. The number of aliphatic hydroxyl groups excluding tert-OH is 4. The molecule has 4 N–H and O–H groups in total. The van der Waals surface area contributed by atoms with Crippen LogP contribution in [-0.2, 0) is 0 Å². The minimum atomic E-state index is -0.955. The first-order valence-electron chi connectivity index (χ1n) is 9.38. The molecule has 2 aromatic rings. The van der Waals surface area contributed by atoms with E-state index in [1.807, 2.05) is 24.3 Å². The molecular formula is C22H28O8. The number of hydrogen-bond donors (Lipinski definition) is 4. The first-order chi connectivity index (χ1) is 14.5. The Balaban J connectivity index is 2.10. The van der Waals surface area contributed by atoms with E-state index in [9.17, 15) is 10.2 Å². The molecule has 2 atom stereocenters. The molecular weight excluding hydrogens is 392 g/mol. The lowest BCUT2D eigenvalue weighted by molar-refractivity contribution is 0.0527. The standard InChI is InChI=1S/C22H28O8/c1-27-21-9-15(5-7-19(21)29-13-17(25)11-23)3-4-16-6-8-20(22(10-16)28-2)30-14-18(26)12-24/h3-10,17-18,23-26H,11-14H2,1-2H3/b4-3+. The largest absolute Gasteiger partial charge is 0.493 e. The minimum Gasteiger partial charge on any atom is -0.493 e. The molecule has 0 saturated carbocycles. The summed E-state index contributed by atoms with van der Waals surface area (Å²) >= 11 is 0. The molecule has 0 aliphatic heterocycles. The quantitative estimate of drug-likeness (QED) is 0.380. The molecule has 0 aliphatic rings. The Labute approximate surface area is 175 Å². The smallest absolute Gasteiger partial charge is 0.161 e. The molecule has 0 bridgehead atoms. The summed E-state index contributed by atoms with van der Waals surface area (Å²) in [7, 11) is 3.05. The van der Waals surface area contributed by atoms with Gasteiger partial charge >= 0.3 is 0 Å². The highest BCUT2D eigenvalue weighted by atomic mass is 16.5. The van der Waals surface area contributed by atoms with Crippen LogP contribution in [0.3, 0.4) is 0 Å². The third-order valence-electron chi connectivity index (χ3n) is 4.13. The summed E-state index contributed by atoms with van der Waals surface area (Å²) in [5.41, 5.74) is 1.74. The summed E-state index contributed by atoms with van der Waals surface area (Å²) in [6.07, 6.45) is 1.87. The van der Waals surface area contributed by atoms with Crippen LogP contribution in [0.1, 0.15) is 11.1 Å². The number of hydrogen-bond acceptors (Lipinski definition) is 8. The molecule has 0 amide bonds. The molecule has 8 nitrogen and oxygen atoms in total. The van der Waals surface area contributed by atoms with Crippen molar-refractivity contribution in [1.82, 2.24) is 0 Å². The van der Waals surface area contributed by atoms with Gasteiger partial charge < -0.3 is 39.4 Å². The van der Waals surface area contributed by atoms with Crippen LogP contribution >= 0.6 is 0 Å². The van der Waals surface area contributed by atoms with Crippen molar-refractivity contribution < 1.29 is 39.4 Å². The van der Waals surface area contributed by atoms with Crippen molar-refractivity contribution in [1.29, 1.82) is 0 Å². The van der Waals surface area contributed by atoms with E-state index in [0.29, 0.717) is 23.0 Å². The second-order valence-electron chi connectivity index (χ2n) is 6.45. The van der Waals surface area contributed by atoms with Crippen LogP contribution in [0.2, 0.25) is 0 Å². The first kappa shape index (κ1) is 23.5. The molecule has 164 valence electrons. The lowest BCUT2D eigenvalue weighted by Crippen LogP contribution is -2.21. The maximum Gasteiger partial charge on any atom is 0.161 e. The molecule has 0 fully saturated rings. The van der Waals surface area contributed by atoms with Crippen molar-refractivity contribution >= 4 is 12.2 Å². The van der Waals surface area contributed by atoms with Gasteiger partial charge in [-0.2, -0.15) is 0 Å². The fourth-order valence-corrected chi connectivity index (χ4v) is 2.48. The van der Waals surface area contributed by atoms with Crippen LogP contribution < -0.4 is 18.9 Å². The number of rotatable bonds is 12. The lowest BCUT2D eigenvalue weighted by atomic mass is 10.1. The van der Waals surface area contributed by atoms with Crippen LogP contribution in [0.15, 0.2) is 36.4 Å². The fourth-order valence-electron chi connectivity index (χ4n) is 2.48. The molecule has 0 saturated heterocycles. The van der Waals surface area contributed by atoms with Gasteiger partial charge in [0.2, 0.25) is 0 Å². The summed E-state index contributed by atoms with van der Waals surface area (Å²) in [6.45, 7) is -0.825. The highest BCUT2D eigenvalue weighted by molar-refractivity contribution is 5.72. The Hall–Kier alpha value is -2.78. The molecule has 0 radical (unpaired) electrons. The van der Waals surface area contributed by atoms with E-state index in [1.54, 1.807) is 24.3 Å². The van der Waals surface area contributed by atoms with Gasteiger partial charge in [-0.15, -0.1) is 0 Å². The Morgan fingerprint density at radius 3 is 1.43 bits per heavy atom. The summed E-state index contributed by atoms with van der Waals surface area (Å²) < 4.78 is 21.6. The monoisotopic (exact) mass is 420 g/mol. The summed E-state index contributed by atoms with van der Waals surface area (Å²) in [5, 5.41) is 36.6. The predicted octanol–water partition coefficient (Wildman–Crippen LogP) is 1.34. The topological polar surface area (TPSA) is 118 Å². The van der Waals surface area contributed by atoms with Gasteiger partial charge in [-0.3, -0.25) is 0 Å². The first-order valence-corrected chi connectivity index (χ1v) is 9.38. The van der Waals surface area contributed by atoms with Crippen molar-refractivity contribution in [2.45, 2.75) is 12.2 Å². The van der Waals surface area contributed by atoms with Gasteiger partial charge in [0.1, 0.15) is 25.4 Å². The summed E-state index contributed by atoms with van der Waals surface area (Å²) in [4.78, 5) is 0. The zero-order chi connectivity index (χ0) is 21.9. The molecule has 2 rings (SSSR count). The van der Waals surface area contributed by atoms with E-state index >= 15 is 0 Å². The van der Waals surface area contributed by atoms with Gasteiger partial charge in [0.25, 0.3) is 0 Å². The molecule has 0 aromatic heterocycles. The van der Waals surface area contributed by atoms with E-state index in [4.69, 9.17) is 29.2 Å². The third-order valence-corrected chi connectivity index (χ3v) is 4.13. The SMILES string of the molecule is COc1cc(/C=C/c2ccc(OCC(O)CO)c(OC)c2)ccc1OCC(O)CO. The number of aliphatic hydroxyl groups is 4. The predicted molar refractivity (Wildman–Crippen MR) is 112 cm³/mol. The van der Waals surface area contributed by atoms with Crippen molar-refractivity contribution in [3.63, 3.8) is 0 Å². The lowest BCUT2D eigenvalue weighted by Gasteiger charge is -2.14. The normalized spacial score (nSPS) is 13.1. The van der Waals surface area contributed by atoms with E-state index < -0.39 is 12.2 Å². The molecule has 0 aliphatic carbocycles. The van der Waals surface area contributed by atoms with Crippen molar-refractivity contribution in [2.75, 3.05) is 40.6 Å². The van der Waals surface area contributed by atoms with Gasteiger partial charge in [-0.1, -0.05) is 24.3 Å². The zero-order valence-corrected chi connectivity index (χ0v) is 17.0. The second-order valence-corrected chi connectivity index (χ2v) is 6.45. The highest BCUT2D eigenvalue weighted by Crippen LogP contribution is 2.31. The van der Waals surface area contributed by atoms with Crippen molar-refractivity contribution in [2.24, 2.45) is 0 Å². The Morgan fingerprint density at radius 1 is 0.700 bits per heavy atom. The van der Waals surface area contributed by atoms with Gasteiger partial charge in [0, 0.05) is 0 Å². The Morgan fingerprint density at radius 2 is 1.10 bits per heavy atom. The summed E-state index contributed by atoms with van der Waals surface area (Å²) in [6, 6.07) is 10.7. The van der Waals surface area contributed by atoms with E-state index in [2.05, 4.69) is 0 Å². The average Bonchev–Trinajstić information content (AvgIpc) is 2.79. The number of methoxy groups -OCH3 is 2. The van der Waals surface area contributed by atoms with Gasteiger partial charge in [0.15, 0.2) is 23.0 Å². The minimum absolute atomic E-state index is 0.0361.